The minimum Gasteiger partial charge on any atom is -0.456 e. The molecule has 86 valence electrons. The molecule has 3 heteroatoms. The Hall–Kier alpha value is -1.36. The summed E-state index contributed by atoms with van der Waals surface area (Å²) in [6.45, 7) is 1.55. The van der Waals surface area contributed by atoms with Gasteiger partial charge in [-0.25, -0.2) is 0 Å². The van der Waals surface area contributed by atoms with E-state index in [1.807, 2.05) is 24.3 Å². The number of hydrogen-bond acceptors (Lipinski definition) is 2. The summed E-state index contributed by atoms with van der Waals surface area (Å²) in [5, 5.41) is 0. The molecule has 0 unspecified atom stereocenters. The van der Waals surface area contributed by atoms with Crippen LogP contribution in [-0.2, 0) is 0 Å². The molecular weight excluding hydrogens is 327 g/mol. The monoisotopic (exact) mass is 338 g/mol. The smallest absolute Gasteiger partial charge is 0.159 e. The van der Waals surface area contributed by atoms with E-state index in [-0.39, 0.29) is 5.78 Å². The first kappa shape index (κ1) is 12.1. The van der Waals surface area contributed by atoms with Crippen LogP contribution in [-0.4, -0.2) is 5.78 Å². The number of benzene rings is 2. The van der Waals surface area contributed by atoms with Crippen molar-refractivity contribution in [2.24, 2.45) is 0 Å². The van der Waals surface area contributed by atoms with Crippen LogP contribution < -0.4 is 4.74 Å². The predicted octanol–water partition coefficient (Wildman–Crippen LogP) is 4.29. The van der Waals surface area contributed by atoms with Crippen molar-refractivity contribution in [3.8, 4) is 11.5 Å². The van der Waals surface area contributed by atoms with Gasteiger partial charge < -0.3 is 4.74 Å². The molecule has 0 amide bonds. The Kier molecular flexibility index (Phi) is 3.78. The summed E-state index contributed by atoms with van der Waals surface area (Å²) in [4.78, 5) is 11.1. The van der Waals surface area contributed by atoms with E-state index >= 15 is 0 Å². The lowest BCUT2D eigenvalue weighted by Gasteiger charge is -2.07. The van der Waals surface area contributed by atoms with E-state index in [9.17, 15) is 4.79 Å². The molecule has 0 aliphatic rings. The summed E-state index contributed by atoms with van der Waals surface area (Å²) in [6, 6.07) is 15.0. The molecule has 0 aromatic heterocycles. The Labute approximate surface area is 114 Å². The minimum absolute atomic E-state index is 0.0610. The van der Waals surface area contributed by atoms with Crippen molar-refractivity contribution < 1.29 is 9.53 Å². The number of halogens is 1. The van der Waals surface area contributed by atoms with Crippen LogP contribution in [0.2, 0.25) is 0 Å². The normalized spacial score (nSPS) is 10.0. The maximum absolute atomic E-state index is 11.1. The molecule has 0 saturated heterocycles. The first-order chi connectivity index (χ1) is 8.16. The molecule has 0 N–H and O–H groups in total. The van der Waals surface area contributed by atoms with E-state index in [4.69, 9.17) is 4.74 Å². The average molecular weight is 338 g/mol. The number of rotatable bonds is 3. The highest BCUT2D eigenvalue weighted by Crippen LogP contribution is 2.26. The molecule has 2 nitrogen and oxygen atoms in total. The number of ether oxygens (including phenoxy) is 1. The second kappa shape index (κ2) is 5.31. The van der Waals surface area contributed by atoms with Crippen molar-refractivity contribution in [1.82, 2.24) is 0 Å². The van der Waals surface area contributed by atoms with Crippen LogP contribution in [0, 0.1) is 3.57 Å². The highest BCUT2D eigenvalue weighted by atomic mass is 127. The van der Waals surface area contributed by atoms with Gasteiger partial charge in [-0.05, 0) is 65.9 Å². The van der Waals surface area contributed by atoms with Gasteiger partial charge in [-0.1, -0.05) is 12.1 Å². The van der Waals surface area contributed by atoms with Crippen molar-refractivity contribution in [3.05, 3.63) is 57.7 Å². The van der Waals surface area contributed by atoms with Crippen LogP contribution in [0.15, 0.2) is 48.5 Å². The highest BCUT2D eigenvalue weighted by molar-refractivity contribution is 14.1. The summed E-state index contributed by atoms with van der Waals surface area (Å²) >= 11 is 2.23. The van der Waals surface area contributed by atoms with Crippen molar-refractivity contribution in [1.29, 1.82) is 0 Å². The number of Topliss-reactive ketones (excluding diaryl/α,β-unsaturated/α-hetero) is 1. The quantitative estimate of drug-likeness (QED) is 0.617. The third-order valence-corrected chi connectivity index (χ3v) is 3.22. The van der Waals surface area contributed by atoms with E-state index < -0.39 is 0 Å². The van der Waals surface area contributed by atoms with Gasteiger partial charge in [0.2, 0.25) is 0 Å². The molecule has 0 bridgehead atoms. The number of ketones is 1. The van der Waals surface area contributed by atoms with Gasteiger partial charge in [0.25, 0.3) is 0 Å². The fourth-order valence-electron chi connectivity index (χ4n) is 1.41. The number of para-hydroxylation sites is 1. The largest absolute Gasteiger partial charge is 0.456 e. The molecular formula is C14H11IO2. The third kappa shape index (κ3) is 3.06. The lowest BCUT2D eigenvalue weighted by atomic mass is 10.1. The van der Waals surface area contributed by atoms with Crippen LogP contribution in [0.5, 0.6) is 11.5 Å². The number of carbonyl (C=O) groups is 1. The van der Waals surface area contributed by atoms with Gasteiger partial charge in [0, 0.05) is 5.56 Å². The topological polar surface area (TPSA) is 26.3 Å². The van der Waals surface area contributed by atoms with Crippen molar-refractivity contribution in [3.63, 3.8) is 0 Å². The lowest BCUT2D eigenvalue weighted by Crippen LogP contribution is -1.92. The summed E-state index contributed by atoms with van der Waals surface area (Å²) in [6.07, 6.45) is 0. The van der Waals surface area contributed by atoms with E-state index in [2.05, 4.69) is 22.6 Å². The SMILES string of the molecule is CC(=O)c1ccc(Oc2ccccc2I)cc1. The molecule has 0 radical (unpaired) electrons. The van der Waals surface area contributed by atoms with Crippen LogP contribution in [0.4, 0.5) is 0 Å². The van der Waals surface area contributed by atoms with Crippen LogP contribution >= 0.6 is 22.6 Å². The standard InChI is InChI=1S/C14H11IO2/c1-10(16)11-6-8-12(9-7-11)17-14-5-3-2-4-13(14)15/h2-9H,1H3. The Morgan fingerprint density at radius 1 is 1.06 bits per heavy atom. The van der Waals surface area contributed by atoms with Crippen LogP contribution in [0.25, 0.3) is 0 Å². The first-order valence-corrected chi connectivity index (χ1v) is 6.28. The second-order valence-corrected chi connectivity index (χ2v) is 4.78. The molecule has 0 fully saturated rings. The van der Waals surface area contributed by atoms with Crippen molar-refractivity contribution in [2.45, 2.75) is 6.92 Å². The molecule has 0 heterocycles. The third-order valence-electron chi connectivity index (χ3n) is 2.33. The zero-order chi connectivity index (χ0) is 12.3. The average Bonchev–Trinajstić information content (AvgIpc) is 2.33. The van der Waals surface area contributed by atoms with Gasteiger partial charge >= 0.3 is 0 Å². The fraction of sp³-hybridized carbons (Fsp3) is 0.0714. The molecule has 17 heavy (non-hydrogen) atoms. The Bertz CT molecular complexity index is 532. The minimum atomic E-state index is 0.0610. The zero-order valence-electron chi connectivity index (χ0n) is 9.31. The molecule has 2 aromatic rings. The Morgan fingerprint density at radius 3 is 2.29 bits per heavy atom. The van der Waals surface area contributed by atoms with Crippen LogP contribution in [0.3, 0.4) is 0 Å². The molecule has 0 spiro atoms. The van der Waals surface area contributed by atoms with Gasteiger partial charge in [0.15, 0.2) is 5.78 Å². The van der Waals surface area contributed by atoms with Gasteiger partial charge in [-0.3, -0.25) is 4.79 Å². The molecule has 0 aliphatic carbocycles. The maximum atomic E-state index is 11.1. The zero-order valence-corrected chi connectivity index (χ0v) is 11.5. The summed E-state index contributed by atoms with van der Waals surface area (Å²) in [7, 11) is 0. The molecule has 2 rings (SSSR count). The number of hydrogen-bond donors (Lipinski definition) is 0. The van der Waals surface area contributed by atoms with E-state index in [1.165, 1.54) is 0 Å². The van der Waals surface area contributed by atoms with E-state index in [0.717, 1.165) is 15.1 Å². The highest BCUT2D eigenvalue weighted by Gasteiger charge is 2.03. The maximum Gasteiger partial charge on any atom is 0.159 e. The number of carbonyl (C=O) groups excluding carboxylic acids is 1. The summed E-state index contributed by atoms with van der Waals surface area (Å²) in [5.41, 5.74) is 0.695. The van der Waals surface area contributed by atoms with Crippen molar-refractivity contribution in [2.75, 3.05) is 0 Å². The molecule has 0 aliphatic heterocycles. The summed E-state index contributed by atoms with van der Waals surface area (Å²) < 4.78 is 6.78. The lowest BCUT2D eigenvalue weighted by molar-refractivity contribution is 0.101. The fourth-order valence-corrected chi connectivity index (χ4v) is 1.91. The van der Waals surface area contributed by atoms with Gasteiger partial charge in [0.1, 0.15) is 11.5 Å². The second-order valence-electron chi connectivity index (χ2n) is 3.61. The first-order valence-electron chi connectivity index (χ1n) is 5.20. The Balaban J connectivity index is 2.20. The molecule has 0 saturated carbocycles. The predicted molar refractivity (Wildman–Crippen MR) is 75.7 cm³/mol. The van der Waals surface area contributed by atoms with Crippen LogP contribution in [0.1, 0.15) is 17.3 Å². The molecule has 2 aromatic carbocycles. The summed E-state index contributed by atoms with van der Waals surface area (Å²) in [5.74, 6) is 1.62. The van der Waals surface area contributed by atoms with Crippen molar-refractivity contribution >= 4 is 28.4 Å². The van der Waals surface area contributed by atoms with E-state index in [0.29, 0.717) is 5.56 Å². The Morgan fingerprint density at radius 2 is 1.71 bits per heavy atom. The van der Waals surface area contributed by atoms with E-state index in [1.54, 1.807) is 31.2 Å². The molecule has 0 atom stereocenters. The van der Waals surface area contributed by atoms with Gasteiger partial charge in [-0.2, -0.15) is 0 Å². The van der Waals surface area contributed by atoms with Gasteiger partial charge in [-0.15, -0.1) is 0 Å². The van der Waals surface area contributed by atoms with Gasteiger partial charge in [0.05, 0.1) is 3.57 Å².